The summed E-state index contributed by atoms with van der Waals surface area (Å²) in [6.45, 7) is 0.198. The molecule has 5 heteroatoms. The predicted molar refractivity (Wildman–Crippen MR) is 87.2 cm³/mol. The lowest BCUT2D eigenvalue weighted by molar-refractivity contribution is -0.121. The van der Waals surface area contributed by atoms with Crippen molar-refractivity contribution < 1.29 is 4.79 Å². The van der Waals surface area contributed by atoms with Crippen molar-refractivity contribution in [2.24, 2.45) is 0 Å². The molecule has 0 bridgehead atoms. The second kappa shape index (κ2) is 6.93. The first-order valence-corrected chi connectivity index (χ1v) is 7.94. The number of carbonyl (C=O) groups is 1. The van der Waals surface area contributed by atoms with Gasteiger partial charge in [0.15, 0.2) is 0 Å². The van der Waals surface area contributed by atoms with Crippen LogP contribution in [-0.4, -0.2) is 18.0 Å². The number of nitrogens with one attached hydrogen (secondary N) is 2. The summed E-state index contributed by atoms with van der Waals surface area (Å²) >= 11 is 2.23. The van der Waals surface area contributed by atoms with Gasteiger partial charge in [-0.05, 0) is 47.6 Å². The van der Waals surface area contributed by atoms with Crippen LogP contribution in [-0.2, 0) is 4.79 Å². The van der Waals surface area contributed by atoms with Crippen LogP contribution in [0.25, 0.3) is 0 Å². The molecule has 1 aromatic rings. The van der Waals surface area contributed by atoms with Crippen LogP contribution in [0.4, 0.5) is 5.69 Å². The van der Waals surface area contributed by atoms with Gasteiger partial charge in [-0.15, -0.1) is 0 Å². The van der Waals surface area contributed by atoms with Crippen LogP contribution in [0.2, 0.25) is 0 Å². The summed E-state index contributed by atoms with van der Waals surface area (Å²) in [4.78, 5) is 12.0. The van der Waals surface area contributed by atoms with E-state index in [9.17, 15) is 10.1 Å². The number of hydrogen-bond acceptors (Lipinski definition) is 3. The Hall–Kier alpha value is -1.29. The maximum absolute atomic E-state index is 12.0. The molecule has 1 saturated carbocycles. The van der Waals surface area contributed by atoms with Gasteiger partial charge in [0.05, 0.1) is 12.6 Å². The van der Waals surface area contributed by atoms with E-state index in [1.807, 2.05) is 24.3 Å². The lowest BCUT2D eigenvalue weighted by Gasteiger charge is -2.31. The van der Waals surface area contributed by atoms with E-state index < -0.39 is 5.54 Å². The zero-order valence-electron chi connectivity index (χ0n) is 11.3. The van der Waals surface area contributed by atoms with Crippen LogP contribution in [0.3, 0.4) is 0 Å². The highest BCUT2D eigenvalue weighted by atomic mass is 127. The number of carbonyl (C=O) groups excluding carboxylic acids is 1. The van der Waals surface area contributed by atoms with E-state index >= 15 is 0 Å². The van der Waals surface area contributed by atoms with Gasteiger partial charge in [-0.3, -0.25) is 4.79 Å². The summed E-state index contributed by atoms with van der Waals surface area (Å²) in [6.07, 6.45) is 4.70. The fourth-order valence-corrected chi connectivity index (χ4v) is 3.09. The van der Waals surface area contributed by atoms with Gasteiger partial charge < -0.3 is 10.6 Å². The Balaban J connectivity index is 1.89. The summed E-state index contributed by atoms with van der Waals surface area (Å²) in [5.74, 6) is -0.117. The first kappa shape index (κ1) is 15.1. The maximum Gasteiger partial charge on any atom is 0.240 e. The van der Waals surface area contributed by atoms with Crippen molar-refractivity contribution in [1.82, 2.24) is 5.32 Å². The summed E-state index contributed by atoms with van der Waals surface area (Å²) in [5.41, 5.74) is 0.291. The Bertz CT molecular complexity index is 518. The fraction of sp³-hybridized carbons (Fsp3) is 0.467. The molecule has 0 atom stereocenters. The SMILES string of the molecule is N#CC1(NC(=O)CNc2ccccc2I)CCCCC1. The number of para-hydroxylation sites is 1. The molecule has 0 aliphatic heterocycles. The monoisotopic (exact) mass is 383 g/mol. The molecule has 2 rings (SSSR count). The highest BCUT2D eigenvalue weighted by Gasteiger charge is 2.33. The second-order valence-electron chi connectivity index (χ2n) is 5.14. The van der Waals surface area contributed by atoms with Crippen molar-refractivity contribution in [3.05, 3.63) is 27.8 Å². The van der Waals surface area contributed by atoms with Crippen molar-refractivity contribution in [3.8, 4) is 6.07 Å². The third-order valence-corrected chi connectivity index (χ3v) is 4.55. The summed E-state index contributed by atoms with van der Waals surface area (Å²) in [5, 5.41) is 15.4. The topological polar surface area (TPSA) is 64.9 Å². The van der Waals surface area contributed by atoms with Crippen molar-refractivity contribution in [2.45, 2.75) is 37.6 Å². The van der Waals surface area contributed by atoms with Crippen LogP contribution in [0, 0.1) is 14.9 Å². The Labute approximate surface area is 133 Å². The standard InChI is InChI=1S/C15H18IN3O/c16-12-6-2-3-7-13(12)18-10-14(20)19-15(11-17)8-4-1-5-9-15/h2-3,6-7,18H,1,4-5,8-10H2,(H,19,20). The first-order chi connectivity index (χ1) is 9.65. The van der Waals surface area contributed by atoms with Crippen LogP contribution >= 0.6 is 22.6 Å². The lowest BCUT2D eigenvalue weighted by Crippen LogP contribution is -2.50. The highest BCUT2D eigenvalue weighted by Crippen LogP contribution is 2.27. The first-order valence-electron chi connectivity index (χ1n) is 6.86. The lowest BCUT2D eigenvalue weighted by atomic mass is 9.83. The van der Waals surface area contributed by atoms with Gasteiger partial charge in [0.1, 0.15) is 5.54 Å². The van der Waals surface area contributed by atoms with Crippen LogP contribution in [0.1, 0.15) is 32.1 Å². The third-order valence-electron chi connectivity index (χ3n) is 3.61. The van der Waals surface area contributed by atoms with Gasteiger partial charge in [0, 0.05) is 9.26 Å². The van der Waals surface area contributed by atoms with Gasteiger partial charge in [-0.1, -0.05) is 31.4 Å². The van der Waals surface area contributed by atoms with Crippen LogP contribution in [0.5, 0.6) is 0 Å². The molecule has 1 amide bonds. The van der Waals surface area contributed by atoms with E-state index in [1.165, 1.54) is 0 Å². The summed E-state index contributed by atoms with van der Waals surface area (Å²) in [7, 11) is 0. The molecule has 0 spiro atoms. The molecule has 1 aromatic carbocycles. The Morgan fingerprint density at radius 2 is 2.00 bits per heavy atom. The van der Waals surface area contributed by atoms with Crippen LogP contribution < -0.4 is 10.6 Å². The number of nitrogens with zero attached hydrogens (tertiary/aromatic N) is 1. The minimum absolute atomic E-state index is 0.117. The zero-order chi connectivity index (χ0) is 14.4. The Kier molecular flexibility index (Phi) is 5.24. The maximum atomic E-state index is 12.0. The van der Waals surface area contributed by atoms with Crippen molar-refractivity contribution >= 4 is 34.2 Å². The molecule has 1 aliphatic carbocycles. The van der Waals surface area contributed by atoms with Crippen molar-refractivity contribution in [2.75, 3.05) is 11.9 Å². The van der Waals surface area contributed by atoms with Gasteiger partial charge in [-0.25, -0.2) is 0 Å². The van der Waals surface area contributed by atoms with Crippen molar-refractivity contribution in [3.63, 3.8) is 0 Å². The number of nitriles is 1. The predicted octanol–water partition coefficient (Wildman–Crippen LogP) is 3.05. The van der Waals surface area contributed by atoms with E-state index in [1.54, 1.807) is 0 Å². The van der Waals surface area contributed by atoms with Gasteiger partial charge >= 0.3 is 0 Å². The normalized spacial score (nSPS) is 17.0. The molecule has 1 fully saturated rings. The number of rotatable bonds is 4. The number of amides is 1. The average molecular weight is 383 g/mol. The summed E-state index contributed by atoms with van der Waals surface area (Å²) < 4.78 is 1.07. The second-order valence-corrected chi connectivity index (χ2v) is 6.30. The average Bonchev–Trinajstić information content (AvgIpc) is 2.47. The molecule has 4 nitrogen and oxygen atoms in total. The Morgan fingerprint density at radius 1 is 1.30 bits per heavy atom. The quantitative estimate of drug-likeness (QED) is 0.786. The minimum atomic E-state index is -0.652. The molecule has 2 N–H and O–H groups in total. The molecule has 0 radical (unpaired) electrons. The Morgan fingerprint density at radius 3 is 2.65 bits per heavy atom. The number of anilines is 1. The largest absolute Gasteiger partial charge is 0.375 e. The van der Waals surface area contributed by atoms with E-state index in [-0.39, 0.29) is 12.5 Å². The minimum Gasteiger partial charge on any atom is -0.375 e. The molecule has 0 aromatic heterocycles. The zero-order valence-corrected chi connectivity index (χ0v) is 13.4. The highest BCUT2D eigenvalue weighted by molar-refractivity contribution is 14.1. The molecule has 0 unspecified atom stereocenters. The van der Waals surface area contributed by atoms with E-state index in [0.29, 0.717) is 0 Å². The van der Waals surface area contributed by atoms with Gasteiger partial charge in [0.2, 0.25) is 5.91 Å². The molecular formula is C15H18IN3O. The molecule has 20 heavy (non-hydrogen) atoms. The van der Waals surface area contributed by atoms with Gasteiger partial charge in [0.25, 0.3) is 0 Å². The molecule has 0 heterocycles. The van der Waals surface area contributed by atoms with Crippen molar-refractivity contribution in [1.29, 1.82) is 5.26 Å². The molecule has 106 valence electrons. The molecule has 1 aliphatic rings. The third kappa shape index (κ3) is 3.85. The van der Waals surface area contributed by atoms with E-state index in [0.717, 1.165) is 41.4 Å². The van der Waals surface area contributed by atoms with Crippen LogP contribution in [0.15, 0.2) is 24.3 Å². The smallest absolute Gasteiger partial charge is 0.240 e. The fourth-order valence-electron chi connectivity index (χ4n) is 2.51. The number of benzene rings is 1. The summed E-state index contributed by atoms with van der Waals surface area (Å²) in [6, 6.07) is 10.1. The van der Waals surface area contributed by atoms with Gasteiger partial charge in [-0.2, -0.15) is 5.26 Å². The molecule has 0 saturated heterocycles. The van der Waals surface area contributed by atoms with E-state index in [4.69, 9.17) is 0 Å². The molecular weight excluding hydrogens is 365 g/mol. The number of hydrogen-bond donors (Lipinski definition) is 2. The van der Waals surface area contributed by atoms with E-state index in [2.05, 4.69) is 39.3 Å². The number of halogens is 1.